The Kier molecular flexibility index (Phi) is 7.98. The SMILES string of the molecule is CCOP(=O)(OCC)C(Nc1ccc(OC)cc1)c1cn(-c2ccccc2)nc1-c1ccncc1. The molecule has 1 N–H and O–H groups in total. The molecule has 4 aromatic rings. The zero-order valence-corrected chi connectivity index (χ0v) is 20.9. The molecule has 2 aromatic carbocycles. The Morgan fingerprint density at radius 2 is 1.60 bits per heavy atom. The lowest BCUT2D eigenvalue weighted by molar-refractivity contribution is 0.214. The Labute approximate surface area is 205 Å². The summed E-state index contributed by atoms with van der Waals surface area (Å²) in [6.45, 7) is 4.06. The number of hydrogen-bond acceptors (Lipinski definition) is 7. The van der Waals surface area contributed by atoms with Crippen molar-refractivity contribution in [3.8, 4) is 22.7 Å². The predicted molar refractivity (Wildman–Crippen MR) is 137 cm³/mol. The van der Waals surface area contributed by atoms with E-state index in [9.17, 15) is 4.57 Å². The maximum Gasteiger partial charge on any atom is 0.357 e. The first-order chi connectivity index (χ1) is 17.1. The molecule has 182 valence electrons. The highest BCUT2D eigenvalue weighted by Gasteiger charge is 2.40. The van der Waals surface area contributed by atoms with Gasteiger partial charge in [0.25, 0.3) is 0 Å². The van der Waals surface area contributed by atoms with Crippen LogP contribution in [0.4, 0.5) is 5.69 Å². The standard InChI is InChI=1S/C26H29N4O4P/c1-4-33-35(31,34-5-2)26(28-21-11-13-23(32-3)14-12-21)24-19-30(22-9-7-6-8-10-22)29-25(24)20-15-17-27-18-16-20/h6-19,26,28H,4-5H2,1-3H3. The van der Waals surface area contributed by atoms with Crippen molar-refractivity contribution >= 4 is 13.3 Å². The Balaban J connectivity index is 1.89. The van der Waals surface area contributed by atoms with Crippen molar-refractivity contribution in [1.82, 2.24) is 14.8 Å². The molecule has 0 saturated heterocycles. The van der Waals surface area contributed by atoms with E-state index < -0.39 is 13.4 Å². The number of ether oxygens (including phenoxy) is 1. The average Bonchev–Trinajstić information content (AvgIpc) is 3.34. The summed E-state index contributed by atoms with van der Waals surface area (Å²) >= 11 is 0. The number of methoxy groups -OCH3 is 1. The zero-order chi connectivity index (χ0) is 24.7. The normalized spacial score (nSPS) is 12.3. The summed E-state index contributed by atoms with van der Waals surface area (Å²) in [6, 6.07) is 20.9. The third-order valence-electron chi connectivity index (χ3n) is 5.34. The van der Waals surface area contributed by atoms with Crippen molar-refractivity contribution in [1.29, 1.82) is 0 Å². The molecule has 8 nitrogen and oxygen atoms in total. The Hall–Kier alpha value is -3.45. The van der Waals surface area contributed by atoms with Gasteiger partial charge < -0.3 is 19.1 Å². The summed E-state index contributed by atoms with van der Waals surface area (Å²) in [7, 11) is -2.06. The minimum absolute atomic E-state index is 0.232. The van der Waals surface area contributed by atoms with Gasteiger partial charge in [0.2, 0.25) is 0 Å². The topological polar surface area (TPSA) is 87.5 Å². The van der Waals surface area contributed by atoms with Crippen molar-refractivity contribution in [3.05, 3.63) is 90.9 Å². The summed E-state index contributed by atoms with van der Waals surface area (Å²) < 4.78 is 32.9. The van der Waals surface area contributed by atoms with E-state index in [1.54, 1.807) is 38.0 Å². The summed E-state index contributed by atoms with van der Waals surface area (Å²) in [6.07, 6.45) is 5.28. The van der Waals surface area contributed by atoms with E-state index in [1.807, 2.05) is 72.9 Å². The quantitative estimate of drug-likeness (QED) is 0.245. The first-order valence-electron chi connectivity index (χ1n) is 11.4. The van der Waals surface area contributed by atoms with Gasteiger partial charge in [-0.15, -0.1) is 0 Å². The molecular weight excluding hydrogens is 463 g/mol. The number of anilines is 1. The fourth-order valence-electron chi connectivity index (χ4n) is 3.75. The van der Waals surface area contributed by atoms with E-state index in [2.05, 4.69) is 10.3 Å². The fourth-order valence-corrected chi connectivity index (χ4v) is 5.68. The number of rotatable bonds is 11. The lowest BCUT2D eigenvalue weighted by atomic mass is 10.1. The van der Waals surface area contributed by atoms with Crippen LogP contribution in [0, 0.1) is 0 Å². The second kappa shape index (κ2) is 11.3. The maximum atomic E-state index is 14.2. The molecular formula is C26H29N4O4P. The van der Waals surface area contributed by atoms with Gasteiger partial charge in [0.1, 0.15) is 5.75 Å². The van der Waals surface area contributed by atoms with Crippen LogP contribution in [-0.2, 0) is 13.6 Å². The molecule has 2 heterocycles. The lowest BCUT2D eigenvalue weighted by Gasteiger charge is -2.28. The molecule has 1 atom stereocenters. The van der Waals surface area contributed by atoms with Gasteiger partial charge in [-0.25, -0.2) is 4.68 Å². The van der Waals surface area contributed by atoms with E-state index in [-0.39, 0.29) is 13.2 Å². The van der Waals surface area contributed by atoms with Gasteiger partial charge in [0, 0.05) is 35.4 Å². The summed E-state index contributed by atoms with van der Waals surface area (Å²) in [5.74, 6) is -0.101. The number of nitrogens with one attached hydrogen (secondary N) is 1. The predicted octanol–water partition coefficient (Wildman–Crippen LogP) is 6.32. The van der Waals surface area contributed by atoms with Gasteiger partial charge in [0.15, 0.2) is 5.78 Å². The molecule has 0 radical (unpaired) electrons. The van der Waals surface area contributed by atoms with Crippen LogP contribution >= 0.6 is 7.60 Å². The van der Waals surface area contributed by atoms with Gasteiger partial charge >= 0.3 is 7.60 Å². The molecule has 0 saturated carbocycles. The van der Waals surface area contributed by atoms with Crippen molar-refractivity contribution < 1.29 is 18.3 Å². The molecule has 9 heteroatoms. The zero-order valence-electron chi connectivity index (χ0n) is 20.0. The van der Waals surface area contributed by atoms with Crippen LogP contribution in [0.15, 0.2) is 85.3 Å². The largest absolute Gasteiger partial charge is 0.497 e. The van der Waals surface area contributed by atoms with E-state index in [1.165, 1.54) is 0 Å². The minimum Gasteiger partial charge on any atom is -0.497 e. The molecule has 35 heavy (non-hydrogen) atoms. The highest BCUT2D eigenvalue weighted by molar-refractivity contribution is 7.54. The van der Waals surface area contributed by atoms with Gasteiger partial charge in [-0.2, -0.15) is 5.10 Å². The van der Waals surface area contributed by atoms with Crippen LogP contribution < -0.4 is 10.1 Å². The molecule has 0 fully saturated rings. The molecule has 4 rings (SSSR count). The van der Waals surface area contributed by atoms with Crippen molar-refractivity contribution in [2.45, 2.75) is 19.6 Å². The number of aromatic nitrogens is 3. The number of benzene rings is 2. The molecule has 0 aliphatic rings. The van der Waals surface area contributed by atoms with E-state index in [4.69, 9.17) is 18.9 Å². The minimum atomic E-state index is -3.67. The Morgan fingerprint density at radius 1 is 0.943 bits per heavy atom. The number of para-hydroxylation sites is 1. The average molecular weight is 493 g/mol. The number of hydrogen-bond donors (Lipinski definition) is 1. The Bertz CT molecular complexity index is 1250. The van der Waals surface area contributed by atoms with Crippen molar-refractivity contribution in [2.75, 3.05) is 25.6 Å². The van der Waals surface area contributed by atoms with Gasteiger partial charge in [0.05, 0.1) is 31.7 Å². The van der Waals surface area contributed by atoms with Gasteiger partial charge in [-0.1, -0.05) is 18.2 Å². The number of pyridine rings is 1. The number of nitrogens with zero attached hydrogens (tertiary/aromatic N) is 3. The molecule has 0 aliphatic heterocycles. The molecule has 0 spiro atoms. The van der Waals surface area contributed by atoms with E-state index >= 15 is 0 Å². The lowest BCUT2D eigenvalue weighted by Crippen LogP contribution is -2.15. The summed E-state index contributed by atoms with van der Waals surface area (Å²) in [4.78, 5) is 4.14. The first kappa shape index (κ1) is 24.7. The van der Waals surface area contributed by atoms with Crippen LogP contribution in [0.1, 0.15) is 25.2 Å². The van der Waals surface area contributed by atoms with Crippen LogP contribution in [0.3, 0.4) is 0 Å². The first-order valence-corrected chi connectivity index (χ1v) is 13.0. The van der Waals surface area contributed by atoms with E-state index in [0.29, 0.717) is 11.3 Å². The smallest absolute Gasteiger partial charge is 0.357 e. The molecule has 1 unspecified atom stereocenters. The van der Waals surface area contributed by atoms with Crippen molar-refractivity contribution in [2.24, 2.45) is 0 Å². The second-order valence-corrected chi connectivity index (χ2v) is 9.71. The van der Waals surface area contributed by atoms with Crippen LogP contribution in [0.2, 0.25) is 0 Å². The molecule has 0 bridgehead atoms. The highest BCUT2D eigenvalue weighted by Crippen LogP contribution is 2.62. The Morgan fingerprint density at radius 3 is 2.20 bits per heavy atom. The summed E-state index contributed by atoms with van der Waals surface area (Å²) in [5.41, 5.74) is 3.79. The van der Waals surface area contributed by atoms with Gasteiger partial charge in [-0.3, -0.25) is 9.55 Å². The second-order valence-electron chi connectivity index (χ2n) is 7.60. The highest BCUT2D eigenvalue weighted by atomic mass is 31.2. The summed E-state index contributed by atoms with van der Waals surface area (Å²) in [5, 5.41) is 8.27. The molecule has 0 aliphatic carbocycles. The monoisotopic (exact) mass is 492 g/mol. The fraction of sp³-hybridized carbons (Fsp3) is 0.231. The van der Waals surface area contributed by atoms with E-state index in [0.717, 1.165) is 22.7 Å². The van der Waals surface area contributed by atoms with Crippen LogP contribution in [-0.4, -0.2) is 35.1 Å². The maximum absolute atomic E-state index is 14.2. The third-order valence-corrected chi connectivity index (χ3v) is 7.62. The van der Waals surface area contributed by atoms with Crippen LogP contribution in [0.5, 0.6) is 5.75 Å². The van der Waals surface area contributed by atoms with Crippen LogP contribution in [0.25, 0.3) is 16.9 Å². The molecule has 2 aromatic heterocycles. The van der Waals surface area contributed by atoms with Crippen molar-refractivity contribution in [3.63, 3.8) is 0 Å². The molecule has 0 amide bonds. The van der Waals surface area contributed by atoms with Gasteiger partial charge in [-0.05, 0) is 62.4 Å². The third kappa shape index (κ3) is 5.62.